The summed E-state index contributed by atoms with van der Waals surface area (Å²) in [6.07, 6.45) is 1.08. The standard InChI is InChI=1S/C14H16N4O/c1-17-12-5-3-2-4-11(12)13(16-17)14(19)18-8-9-6-10(18)7-15-9/h2-5,9-10,15H,6-8H2,1H3/t9-,10?/m0/s1. The summed E-state index contributed by atoms with van der Waals surface area (Å²) < 4.78 is 1.79. The van der Waals surface area contributed by atoms with Gasteiger partial charge in [0.05, 0.1) is 5.52 Å². The van der Waals surface area contributed by atoms with E-state index in [-0.39, 0.29) is 5.91 Å². The molecule has 4 rings (SSSR count). The Balaban J connectivity index is 1.76. The van der Waals surface area contributed by atoms with E-state index in [2.05, 4.69) is 10.4 Å². The number of nitrogens with one attached hydrogen (secondary N) is 1. The highest BCUT2D eigenvalue weighted by Gasteiger charge is 2.41. The molecular formula is C14H16N4O. The largest absolute Gasteiger partial charge is 0.331 e. The van der Waals surface area contributed by atoms with E-state index in [0.29, 0.717) is 17.8 Å². The van der Waals surface area contributed by atoms with Crippen molar-refractivity contribution in [3.8, 4) is 0 Å². The van der Waals surface area contributed by atoms with Gasteiger partial charge >= 0.3 is 0 Å². The number of carbonyl (C=O) groups excluding carboxylic acids is 1. The fourth-order valence-electron chi connectivity index (χ4n) is 3.32. The van der Waals surface area contributed by atoms with Gasteiger partial charge in [0.25, 0.3) is 5.91 Å². The molecule has 2 fully saturated rings. The first-order chi connectivity index (χ1) is 9.24. The monoisotopic (exact) mass is 256 g/mol. The minimum absolute atomic E-state index is 0.0748. The molecule has 5 nitrogen and oxygen atoms in total. The van der Waals surface area contributed by atoms with Crippen molar-refractivity contribution in [1.82, 2.24) is 20.0 Å². The Labute approximate surface area is 111 Å². The van der Waals surface area contributed by atoms with Crippen molar-refractivity contribution in [2.75, 3.05) is 13.1 Å². The molecule has 3 heterocycles. The van der Waals surface area contributed by atoms with Crippen molar-refractivity contribution >= 4 is 16.8 Å². The second-order valence-corrected chi connectivity index (χ2v) is 5.44. The molecule has 2 bridgehead atoms. The molecule has 2 aliphatic rings. The Morgan fingerprint density at radius 2 is 2.26 bits per heavy atom. The van der Waals surface area contributed by atoms with Crippen molar-refractivity contribution in [2.24, 2.45) is 7.05 Å². The van der Waals surface area contributed by atoms with E-state index in [1.807, 2.05) is 36.2 Å². The summed E-state index contributed by atoms with van der Waals surface area (Å²) in [7, 11) is 1.89. The zero-order valence-electron chi connectivity index (χ0n) is 10.8. The van der Waals surface area contributed by atoms with Crippen molar-refractivity contribution in [3.05, 3.63) is 30.0 Å². The number of aryl methyl sites for hydroxylation is 1. The highest BCUT2D eigenvalue weighted by Crippen LogP contribution is 2.27. The zero-order chi connectivity index (χ0) is 13.0. The van der Waals surface area contributed by atoms with Crippen LogP contribution in [-0.2, 0) is 7.05 Å². The summed E-state index contributed by atoms with van der Waals surface area (Å²) >= 11 is 0. The van der Waals surface area contributed by atoms with E-state index in [1.165, 1.54) is 0 Å². The molecule has 19 heavy (non-hydrogen) atoms. The summed E-state index contributed by atoms with van der Waals surface area (Å²) in [6, 6.07) is 8.72. The number of nitrogens with zero attached hydrogens (tertiary/aromatic N) is 3. The van der Waals surface area contributed by atoms with E-state index in [1.54, 1.807) is 4.68 Å². The van der Waals surface area contributed by atoms with Gasteiger partial charge in [0, 0.05) is 37.6 Å². The lowest BCUT2D eigenvalue weighted by Crippen LogP contribution is -2.46. The summed E-state index contributed by atoms with van der Waals surface area (Å²) in [6.45, 7) is 1.73. The van der Waals surface area contributed by atoms with Crippen LogP contribution in [0.25, 0.3) is 10.9 Å². The average Bonchev–Trinajstić information content (AvgIpc) is 3.13. The fraction of sp³-hybridized carbons (Fsp3) is 0.429. The maximum absolute atomic E-state index is 12.7. The minimum atomic E-state index is 0.0748. The van der Waals surface area contributed by atoms with Crippen molar-refractivity contribution in [3.63, 3.8) is 0 Å². The van der Waals surface area contributed by atoms with Gasteiger partial charge in [-0.3, -0.25) is 9.48 Å². The van der Waals surface area contributed by atoms with Crippen molar-refractivity contribution in [2.45, 2.75) is 18.5 Å². The summed E-state index contributed by atoms with van der Waals surface area (Å²) in [4.78, 5) is 14.7. The van der Waals surface area contributed by atoms with E-state index < -0.39 is 0 Å². The number of carbonyl (C=O) groups is 1. The number of benzene rings is 1. The lowest BCUT2D eigenvalue weighted by molar-refractivity contribution is 0.0711. The Morgan fingerprint density at radius 1 is 1.42 bits per heavy atom. The molecule has 1 unspecified atom stereocenters. The van der Waals surface area contributed by atoms with E-state index in [9.17, 15) is 4.79 Å². The van der Waals surface area contributed by atoms with Crippen molar-refractivity contribution < 1.29 is 4.79 Å². The number of likely N-dealkylation sites (tertiary alicyclic amines) is 1. The van der Waals surface area contributed by atoms with Crippen molar-refractivity contribution in [1.29, 1.82) is 0 Å². The number of rotatable bonds is 1. The summed E-state index contributed by atoms with van der Waals surface area (Å²) in [5, 5.41) is 8.79. The highest BCUT2D eigenvalue weighted by atomic mass is 16.2. The van der Waals surface area contributed by atoms with Gasteiger partial charge < -0.3 is 10.2 Å². The van der Waals surface area contributed by atoms with Crippen LogP contribution in [0.3, 0.4) is 0 Å². The number of aromatic nitrogens is 2. The molecule has 2 aromatic rings. The number of para-hydroxylation sites is 1. The number of piperazine rings is 1. The molecule has 1 amide bonds. The maximum Gasteiger partial charge on any atom is 0.275 e. The fourth-order valence-corrected chi connectivity index (χ4v) is 3.32. The Kier molecular flexibility index (Phi) is 2.20. The zero-order valence-corrected chi connectivity index (χ0v) is 10.8. The van der Waals surface area contributed by atoms with Crippen LogP contribution in [0.4, 0.5) is 0 Å². The van der Waals surface area contributed by atoms with Gasteiger partial charge in [-0.1, -0.05) is 18.2 Å². The van der Waals surface area contributed by atoms with Gasteiger partial charge in [-0.15, -0.1) is 0 Å². The molecule has 0 saturated carbocycles. The van der Waals surface area contributed by atoms with Crippen LogP contribution in [0.15, 0.2) is 24.3 Å². The van der Waals surface area contributed by atoms with Crippen LogP contribution in [0, 0.1) is 0 Å². The predicted molar refractivity (Wildman–Crippen MR) is 71.9 cm³/mol. The smallest absolute Gasteiger partial charge is 0.275 e. The van der Waals surface area contributed by atoms with Gasteiger partial charge in [-0.05, 0) is 12.5 Å². The molecule has 2 saturated heterocycles. The highest BCUT2D eigenvalue weighted by molar-refractivity contribution is 6.05. The summed E-state index contributed by atoms with van der Waals surface area (Å²) in [5.74, 6) is 0.0748. The third-order valence-corrected chi connectivity index (χ3v) is 4.28. The maximum atomic E-state index is 12.7. The van der Waals surface area contributed by atoms with Crippen LogP contribution >= 0.6 is 0 Å². The lowest BCUT2D eigenvalue weighted by Gasteiger charge is -2.26. The van der Waals surface area contributed by atoms with Crippen LogP contribution in [0.2, 0.25) is 0 Å². The third kappa shape index (κ3) is 1.51. The van der Waals surface area contributed by atoms with Gasteiger partial charge in [0.1, 0.15) is 0 Å². The Hall–Kier alpha value is -1.88. The number of fused-ring (bicyclic) bond motifs is 3. The van der Waals surface area contributed by atoms with Crippen LogP contribution in [0.5, 0.6) is 0 Å². The second kappa shape index (κ2) is 3.81. The lowest BCUT2D eigenvalue weighted by atomic mass is 10.2. The molecule has 1 N–H and O–H groups in total. The predicted octanol–water partition coefficient (Wildman–Crippen LogP) is 0.760. The number of amides is 1. The average molecular weight is 256 g/mol. The molecule has 5 heteroatoms. The minimum Gasteiger partial charge on any atom is -0.331 e. The molecule has 2 aliphatic heterocycles. The topological polar surface area (TPSA) is 50.2 Å². The first-order valence-electron chi connectivity index (χ1n) is 6.70. The molecular weight excluding hydrogens is 240 g/mol. The van der Waals surface area contributed by atoms with Gasteiger partial charge in [-0.2, -0.15) is 5.10 Å². The summed E-state index contributed by atoms with van der Waals surface area (Å²) in [5.41, 5.74) is 1.60. The Bertz CT molecular complexity index is 663. The molecule has 1 aromatic heterocycles. The number of hydrogen-bond acceptors (Lipinski definition) is 3. The third-order valence-electron chi connectivity index (χ3n) is 4.28. The van der Waals surface area contributed by atoms with E-state index >= 15 is 0 Å². The quantitative estimate of drug-likeness (QED) is 0.819. The first kappa shape index (κ1) is 11.0. The molecule has 0 spiro atoms. The van der Waals surface area contributed by atoms with Crippen LogP contribution in [-0.4, -0.2) is 45.8 Å². The molecule has 1 aromatic carbocycles. The second-order valence-electron chi connectivity index (χ2n) is 5.44. The normalized spacial score (nSPS) is 25.4. The van der Waals surface area contributed by atoms with Gasteiger partial charge in [0.15, 0.2) is 5.69 Å². The Morgan fingerprint density at radius 3 is 3.00 bits per heavy atom. The van der Waals surface area contributed by atoms with Crippen LogP contribution in [0.1, 0.15) is 16.9 Å². The first-order valence-corrected chi connectivity index (χ1v) is 6.70. The van der Waals surface area contributed by atoms with E-state index in [0.717, 1.165) is 30.4 Å². The van der Waals surface area contributed by atoms with Crippen LogP contribution < -0.4 is 5.32 Å². The van der Waals surface area contributed by atoms with Gasteiger partial charge in [0.2, 0.25) is 0 Å². The number of hydrogen-bond donors (Lipinski definition) is 1. The molecule has 0 radical (unpaired) electrons. The SMILES string of the molecule is Cn1nc(C(=O)N2C[C@@H]3CC2CN3)c2ccccc21. The van der Waals surface area contributed by atoms with Gasteiger partial charge in [-0.25, -0.2) is 0 Å². The molecule has 2 atom stereocenters. The molecule has 0 aliphatic carbocycles. The molecule has 98 valence electrons. The van der Waals surface area contributed by atoms with E-state index in [4.69, 9.17) is 0 Å².